The molecule has 0 bridgehead atoms. The molecule has 3 aromatic rings. The number of carbonyl (C=O) groups is 6. The van der Waals surface area contributed by atoms with E-state index in [0.29, 0.717) is 48.1 Å². The van der Waals surface area contributed by atoms with Gasteiger partial charge in [0, 0.05) is 80.2 Å². The van der Waals surface area contributed by atoms with E-state index < -0.39 is 29.7 Å². The normalized spacial score (nSPS) is 24.4. The Morgan fingerprint density at radius 2 is 1.57 bits per heavy atom. The first-order valence-corrected chi connectivity index (χ1v) is 20.8. The number of fused-ring (bicyclic) bond motifs is 3. The molecule has 14 nitrogen and oxygen atoms in total. The van der Waals surface area contributed by atoms with Gasteiger partial charge in [0.1, 0.15) is 24.0 Å². The molecule has 5 aliphatic heterocycles. The van der Waals surface area contributed by atoms with Crippen molar-refractivity contribution in [2.45, 2.75) is 90.8 Å². The van der Waals surface area contributed by atoms with E-state index in [-0.39, 0.29) is 71.3 Å². The van der Waals surface area contributed by atoms with Gasteiger partial charge in [0.2, 0.25) is 17.7 Å². The zero-order chi connectivity index (χ0) is 42.4. The van der Waals surface area contributed by atoms with Crippen molar-refractivity contribution in [2.75, 3.05) is 26.2 Å². The van der Waals surface area contributed by atoms with Gasteiger partial charge < -0.3 is 15.0 Å². The molecule has 15 heteroatoms. The van der Waals surface area contributed by atoms with Crippen LogP contribution >= 0.6 is 11.6 Å². The number of halogens is 1. The maximum absolute atomic E-state index is 13.7. The van der Waals surface area contributed by atoms with Gasteiger partial charge in [-0.05, 0) is 71.5 Å². The number of likely N-dealkylation sites (tertiary alicyclic amines) is 1. The van der Waals surface area contributed by atoms with E-state index in [1.807, 2.05) is 28.0 Å². The van der Waals surface area contributed by atoms with Crippen molar-refractivity contribution in [2.24, 2.45) is 10.8 Å². The summed E-state index contributed by atoms with van der Waals surface area (Å²) in [5, 5.41) is 15.1. The average Bonchev–Trinajstić information content (AvgIpc) is 3.69. The third-order valence-corrected chi connectivity index (χ3v) is 13.9. The second-order valence-electron chi connectivity index (χ2n) is 18.2. The molecule has 3 aromatic carbocycles. The van der Waals surface area contributed by atoms with Crippen LogP contribution in [0.15, 0.2) is 48.5 Å². The molecule has 310 valence electrons. The Hall–Kier alpha value is -5.62. The Labute approximate surface area is 352 Å². The number of benzene rings is 3. The Kier molecular flexibility index (Phi) is 9.65. The summed E-state index contributed by atoms with van der Waals surface area (Å²) in [7, 11) is 0. The summed E-state index contributed by atoms with van der Waals surface area (Å²) in [5.41, 5.74) is 4.86. The Morgan fingerprint density at radius 1 is 0.883 bits per heavy atom. The lowest BCUT2D eigenvalue weighted by Crippen LogP contribution is -2.74. The number of ether oxygens (including phenoxy) is 1. The number of imide groups is 2. The van der Waals surface area contributed by atoms with Gasteiger partial charge in [-0.1, -0.05) is 45.4 Å². The summed E-state index contributed by atoms with van der Waals surface area (Å²) < 4.78 is 6.39. The summed E-state index contributed by atoms with van der Waals surface area (Å²) in [6, 6.07) is 15.6. The van der Waals surface area contributed by atoms with Crippen LogP contribution in [0.1, 0.15) is 99.4 Å². The van der Waals surface area contributed by atoms with Gasteiger partial charge in [0.25, 0.3) is 17.7 Å². The molecule has 1 atom stereocenters. The quantitative estimate of drug-likeness (QED) is 0.318. The molecule has 2 saturated heterocycles. The third kappa shape index (κ3) is 6.63. The smallest absolute Gasteiger partial charge is 0.262 e. The van der Waals surface area contributed by atoms with Gasteiger partial charge in [-0.25, -0.2) is 0 Å². The first-order chi connectivity index (χ1) is 28.5. The second-order valence-corrected chi connectivity index (χ2v) is 18.6. The largest absolute Gasteiger partial charge is 0.489 e. The van der Waals surface area contributed by atoms with E-state index in [9.17, 15) is 34.0 Å². The molecule has 0 radical (unpaired) electrons. The molecule has 2 N–H and O–H groups in total. The summed E-state index contributed by atoms with van der Waals surface area (Å²) in [6.45, 7) is 12.3. The van der Waals surface area contributed by atoms with Crippen molar-refractivity contribution < 1.29 is 33.5 Å². The number of piperidine rings is 1. The van der Waals surface area contributed by atoms with Crippen molar-refractivity contribution in [1.82, 2.24) is 30.2 Å². The van der Waals surface area contributed by atoms with E-state index in [1.54, 1.807) is 30.3 Å². The minimum Gasteiger partial charge on any atom is -0.489 e. The maximum atomic E-state index is 13.7. The van der Waals surface area contributed by atoms with Crippen LogP contribution in [0.25, 0.3) is 0 Å². The molecular formula is C45H46ClN7O7. The van der Waals surface area contributed by atoms with Crippen LogP contribution in [-0.4, -0.2) is 105 Å². The maximum Gasteiger partial charge on any atom is 0.262 e. The predicted octanol–water partition coefficient (Wildman–Crippen LogP) is 3.81. The summed E-state index contributed by atoms with van der Waals surface area (Å²) >= 11 is 6.26. The lowest BCUT2D eigenvalue weighted by atomic mass is 9.49. The number of hydrogen-bond acceptors (Lipinski definition) is 10. The number of hydrogen-bond donors (Lipinski definition) is 2. The molecule has 9 rings (SSSR count). The van der Waals surface area contributed by atoms with Crippen molar-refractivity contribution in [3.05, 3.63) is 98.1 Å². The number of nitriles is 1. The molecular weight excluding hydrogens is 786 g/mol. The van der Waals surface area contributed by atoms with Crippen molar-refractivity contribution in [1.29, 1.82) is 5.26 Å². The lowest BCUT2D eigenvalue weighted by molar-refractivity contribution is -0.164. The number of rotatable bonds is 8. The number of carbonyl (C=O) groups excluding carboxylic acids is 6. The highest BCUT2D eigenvalue weighted by molar-refractivity contribution is 6.31. The van der Waals surface area contributed by atoms with E-state index in [0.717, 1.165) is 41.1 Å². The fraction of sp³-hybridized carbons (Fsp3) is 0.444. The van der Waals surface area contributed by atoms with E-state index in [1.165, 1.54) is 5.56 Å². The Morgan fingerprint density at radius 3 is 2.20 bits per heavy atom. The molecule has 1 aliphatic carbocycles. The van der Waals surface area contributed by atoms with Crippen LogP contribution in [0.5, 0.6) is 5.75 Å². The standard InChI is InChI=1S/C45H46ClN7O7/c1-44(2)42(45(3,4)43(44)60-31-8-7-26(17-47)34(46)16-31)49-38(56)25-5-6-27-20-51(12-11-24(27)13-25)30-21-52(22-30)37(55)23-50-18-28-14-32-33(15-29(28)19-50)41(59)53(40(32)58)35-9-10-36(54)48-39(35)57/h5-8,13-16,30,35,42-43H,9-12,18-23H2,1-4H3,(H,49,56)(H,48,54,57). The van der Waals surface area contributed by atoms with Gasteiger partial charge in [0.15, 0.2) is 0 Å². The van der Waals surface area contributed by atoms with Gasteiger partial charge in [0.05, 0.1) is 28.3 Å². The van der Waals surface area contributed by atoms with Gasteiger partial charge in [-0.2, -0.15) is 5.26 Å². The van der Waals surface area contributed by atoms with Crippen LogP contribution in [-0.2, 0) is 40.4 Å². The number of nitrogens with zero attached hydrogens (tertiary/aromatic N) is 5. The monoisotopic (exact) mass is 831 g/mol. The van der Waals surface area contributed by atoms with Crippen molar-refractivity contribution in [3.8, 4) is 11.8 Å². The van der Waals surface area contributed by atoms with Crippen LogP contribution in [0, 0.1) is 22.2 Å². The molecule has 6 aliphatic rings. The molecule has 1 unspecified atom stereocenters. The van der Waals surface area contributed by atoms with Gasteiger partial charge in [-0.15, -0.1) is 0 Å². The fourth-order valence-electron chi connectivity index (χ4n) is 10.6. The SMILES string of the molecule is CC1(C)C(NC(=O)c2ccc3c(c2)CCN(C2CN(C(=O)CN4Cc5cc6c(cc5C4)C(=O)N(C4CCC(=O)NC4=O)C6=O)C2)C3)C(C)(C)C1Oc1ccc(C#N)c(Cl)c1. The second kappa shape index (κ2) is 14.5. The zero-order valence-corrected chi connectivity index (χ0v) is 34.7. The summed E-state index contributed by atoms with van der Waals surface area (Å²) in [6.07, 6.45) is 0.771. The number of nitrogens with one attached hydrogen (secondary N) is 2. The molecule has 5 heterocycles. The van der Waals surface area contributed by atoms with Gasteiger partial charge in [-0.3, -0.25) is 48.8 Å². The van der Waals surface area contributed by atoms with Crippen LogP contribution in [0.3, 0.4) is 0 Å². The minimum atomic E-state index is -1.01. The average molecular weight is 832 g/mol. The van der Waals surface area contributed by atoms with Crippen LogP contribution < -0.4 is 15.4 Å². The fourth-order valence-corrected chi connectivity index (χ4v) is 10.8. The topological polar surface area (TPSA) is 172 Å². The first kappa shape index (κ1) is 39.8. The predicted molar refractivity (Wildman–Crippen MR) is 218 cm³/mol. The molecule has 0 aromatic heterocycles. The van der Waals surface area contributed by atoms with Crippen LogP contribution in [0.2, 0.25) is 5.02 Å². The Balaban J connectivity index is 0.753. The highest BCUT2D eigenvalue weighted by Crippen LogP contribution is 2.55. The Bertz CT molecular complexity index is 2390. The number of amides is 6. The highest BCUT2D eigenvalue weighted by atomic mass is 35.5. The third-order valence-electron chi connectivity index (χ3n) is 13.6. The van der Waals surface area contributed by atoms with Gasteiger partial charge >= 0.3 is 0 Å². The van der Waals surface area contributed by atoms with E-state index in [2.05, 4.69) is 49.3 Å². The molecule has 0 spiro atoms. The summed E-state index contributed by atoms with van der Waals surface area (Å²) in [5.74, 6) is -1.63. The zero-order valence-electron chi connectivity index (χ0n) is 34.0. The molecule has 3 fully saturated rings. The first-order valence-electron chi connectivity index (χ1n) is 20.4. The summed E-state index contributed by atoms with van der Waals surface area (Å²) in [4.78, 5) is 85.0. The van der Waals surface area contributed by atoms with Crippen molar-refractivity contribution in [3.63, 3.8) is 0 Å². The molecule has 1 saturated carbocycles. The molecule has 60 heavy (non-hydrogen) atoms. The highest BCUT2D eigenvalue weighted by Gasteiger charge is 2.64. The van der Waals surface area contributed by atoms with Crippen molar-refractivity contribution >= 4 is 47.0 Å². The van der Waals surface area contributed by atoms with E-state index in [4.69, 9.17) is 16.3 Å². The van der Waals surface area contributed by atoms with E-state index >= 15 is 0 Å². The minimum absolute atomic E-state index is 0.0326. The lowest BCUT2D eigenvalue weighted by Gasteiger charge is -2.63. The van der Waals surface area contributed by atoms with Crippen LogP contribution in [0.4, 0.5) is 0 Å². The molecule has 6 amide bonds.